The van der Waals surface area contributed by atoms with Crippen LogP contribution in [0.5, 0.6) is 5.75 Å². The van der Waals surface area contributed by atoms with Gasteiger partial charge in [0.2, 0.25) is 5.95 Å². The molecular weight excluding hydrogens is 404 g/mol. The topological polar surface area (TPSA) is 73.1 Å². The average molecular weight is 420 g/mol. The molecule has 0 aliphatic rings. The van der Waals surface area contributed by atoms with Crippen molar-refractivity contribution in [1.29, 1.82) is 0 Å². The van der Waals surface area contributed by atoms with Gasteiger partial charge in [0.15, 0.2) is 0 Å². The van der Waals surface area contributed by atoms with Gasteiger partial charge in [-0.05, 0) is 49.4 Å². The van der Waals surface area contributed by atoms with Gasteiger partial charge in [0.1, 0.15) is 11.6 Å². The maximum Gasteiger partial charge on any atom is 0.222 e. The van der Waals surface area contributed by atoms with Gasteiger partial charge in [-0.15, -0.1) is 0 Å². The molecule has 3 N–H and O–H groups in total. The van der Waals surface area contributed by atoms with E-state index in [0.29, 0.717) is 23.1 Å². The van der Waals surface area contributed by atoms with Crippen molar-refractivity contribution in [3.05, 3.63) is 58.0 Å². The van der Waals surface area contributed by atoms with E-state index in [2.05, 4.69) is 31.2 Å². The lowest BCUT2D eigenvalue weighted by atomic mass is 10.1. The molecule has 3 aromatic rings. The first-order valence-electron chi connectivity index (χ1n) is 7.65. The van der Waals surface area contributed by atoms with Gasteiger partial charge in [-0.1, -0.05) is 27.5 Å². The summed E-state index contributed by atoms with van der Waals surface area (Å²) in [5, 5.41) is 3.88. The van der Waals surface area contributed by atoms with Crippen molar-refractivity contribution in [2.75, 3.05) is 17.7 Å². The highest BCUT2D eigenvalue weighted by Gasteiger charge is 2.11. The van der Waals surface area contributed by atoms with Gasteiger partial charge in [-0.3, -0.25) is 0 Å². The molecule has 5 nitrogen and oxygen atoms in total. The molecular formula is C18H16BrClN4O. The summed E-state index contributed by atoms with van der Waals surface area (Å²) in [4.78, 5) is 8.59. The summed E-state index contributed by atoms with van der Waals surface area (Å²) in [5.41, 5.74) is 8.27. The third-order valence-electron chi connectivity index (χ3n) is 3.38. The normalized spacial score (nSPS) is 10.5. The molecule has 3 rings (SSSR count). The summed E-state index contributed by atoms with van der Waals surface area (Å²) in [6.45, 7) is 2.50. The van der Waals surface area contributed by atoms with Crippen LogP contribution in [-0.4, -0.2) is 16.6 Å². The van der Waals surface area contributed by atoms with Crippen molar-refractivity contribution < 1.29 is 4.74 Å². The van der Waals surface area contributed by atoms with Crippen LogP contribution in [0.1, 0.15) is 6.92 Å². The van der Waals surface area contributed by atoms with Crippen LogP contribution < -0.4 is 15.8 Å². The largest absolute Gasteiger partial charge is 0.493 e. The molecule has 1 aromatic heterocycles. The Hall–Kier alpha value is -2.31. The van der Waals surface area contributed by atoms with Gasteiger partial charge < -0.3 is 15.8 Å². The van der Waals surface area contributed by atoms with Crippen LogP contribution in [0.25, 0.3) is 11.3 Å². The first-order chi connectivity index (χ1) is 12.0. The Morgan fingerprint density at radius 3 is 2.60 bits per heavy atom. The maximum absolute atomic E-state index is 5.92. The molecule has 0 amide bonds. The molecule has 128 valence electrons. The molecule has 7 heteroatoms. The third-order valence-corrected chi connectivity index (χ3v) is 4.12. The maximum atomic E-state index is 5.92. The van der Waals surface area contributed by atoms with E-state index in [-0.39, 0.29) is 5.95 Å². The second-order valence-corrected chi connectivity index (χ2v) is 6.55. The first-order valence-corrected chi connectivity index (χ1v) is 8.82. The van der Waals surface area contributed by atoms with Crippen LogP contribution in [0.15, 0.2) is 53.0 Å². The molecule has 0 spiro atoms. The first kappa shape index (κ1) is 17.5. The van der Waals surface area contributed by atoms with Crippen molar-refractivity contribution in [2.24, 2.45) is 0 Å². The minimum Gasteiger partial charge on any atom is -0.493 e. The predicted molar refractivity (Wildman–Crippen MR) is 105 cm³/mol. The number of benzene rings is 2. The molecule has 25 heavy (non-hydrogen) atoms. The van der Waals surface area contributed by atoms with Gasteiger partial charge in [0.05, 0.1) is 12.3 Å². The van der Waals surface area contributed by atoms with Crippen LogP contribution >= 0.6 is 27.5 Å². The molecule has 0 aliphatic carbocycles. The number of nitrogens with one attached hydrogen (secondary N) is 1. The highest BCUT2D eigenvalue weighted by molar-refractivity contribution is 9.10. The zero-order valence-corrected chi connectivity index (χ0v) is 15.8. The lowest BCUT2D eigenvalue weighted by molar-refractivity contribution is 0.341. The molecule has 0 saturated carbocycles. The number of hydrogen-bond donors (Lipinski definition) is 2. The quantitative estimate of drug-likeness (QED) is 0.588. The van der Waals surface area contributed by atoms with Gasteiger partial charge in [0.25, 0.3) is 0 Å². The zero-order valence-electron chi connectivity index (χ0n) is 13.5. The summed E-state index contributed by atoms with van der Waals surface area (Å²) in [6.07, 6.45) is 0. The number of nitrogens with zero attached hydrogens (tertiary/aromatic N) is 2. The number of nitrogen functional groups attached to an aromatic ring is 1. The van der Waals surface area contributed by atoms with Crippen LogP contribution in [0.2, 0.25) is 5.02 Å². The van der Waals surface area contributed by atoms with Gasteiger partial charge in [-0.2, -0.15) is 4.98 Å². The number of anilines is 3. The summed E-state index contributed by atoms with van der Waals surface area (Å²) in [6, 6.07) is 14.9. The van der Waals surface area contributed by atoms with E-state index in [0.717, 1.165) is 21.5 Å². The minimum absolute atomic E-state index is 0.177. The molecule has 0 saturated heterocycles. The summed E-state index contributed by atoms with van der Waals surface area (Å²) >= 11 is 9.40. The van der Waals surface area contributed by atoms with Crippen LogP contribution in [0.3, 0.4) is 0 Å². The molecule has 0 aliphatic heterocycles. The number of halogens is 2. The van der Waals surface area contributed by atoms with E-state index in [1.54, 1.807) is 12.1 Å². The molecule has 1 heterocycles. The van der Waals surface area contributed by atoms with E-state index >= 15 is 0 Å². The lowest BCUT2D eigenvalue weighted by Crippen LogP contribution is -2.02. The standard InChI is InChI=1S/C18H16BrClN4O/c1-2-25-16-8-3-11(19)9-14(16)15-10-17(24-18(21)23-15)22-13-6-4-12(20)5-7-13/h3-10H,2H2,1H3,(H3,21,22,23,24). The Balaban J connectivity index is 1.99. The van der Waals surface area contributed by atoms with E-state index in [1.807, 2.05) is 43.3 Å². The average Bonchev–Trinajstić information content (AvgIpc) is 2.58. The van der Waals surface area contributed by atoms with Gasteiger partial charge in [-0.25, -0.2) is 4.98 Å². The van der Waals surface area contributed by atoms with Crippen LogP contribution in [0.4, 0.5) is 17.5 Å². The number of aromatic nitrogens is 2. The van der Waals surface area contributed by atoms with Crippen molar-refractivity contribution in [3.8, 4) is 17.0 Å². The smallest absolute Gasteiger partial charge is 0.222 e. The second kappa shape index (κ2) is 7.72. The van der Waals surface area contributed by atoms with Crippen molar-refractivity contribution in [3.63, 3.8) is 0 Å². The molecule has 0 unspecified atom stereocenters. The Kier molecular flexibility index (Phi) is 5.40. The van der Waals surface area contributed by atoms with E-state index < -0.39 is 0 Å². The van der Waals surface area contributed by atoms with Crippen molar-refractivity contribution in [1.82, 2.24) is 9.97 Å². The van der Waals surface area contributed by atoms with Gasteiger partial charge in [0, 0.05) is 26.8 Å². The minimum atomic E-state index is 0.177. The Morgan fingerprint density at radius 1 is 1.12 bits per heavy atom. The van der Waals surface area contributed by atoms with Crippen molar-refractivity contribution >= 4 is 45.0 Å². The number of nitrogens with two attached hydrogens (primary N) is 1. The number of hydrogen-bond acceptors (Lipinski definition) is 5. The predicted octanol–water partition coefficient (Wildman–Crippen LogP) is 5.28. The molecule has 0 bridgehead atoms. The monoisotopic (exact) mass is 418 g/mol. The van der Waals surface area contributed by atoms with E-state index in [1.165, 1.54) is 0 Å². The fourth-order valence-electron chi connectivity index (χ4n) is 2.33. The zero-order chi connectivity index (χ0) is 17.8. The van der Waals surface area contributed by atoms with Crippen LogP contribution in [-0.2, 0) is 0 Å². The summed E-state index contributed by atoms with van der Waals surface area (Å²) in [7, 11) is 0. The highest BCUT2D eigenvalue weighted by Crippen LogP contribution is 2.33. The van der Waals surface area contributed by atoms with Crippen molar-refractivity contribution in [2.45, 2.75) is 6.92 Å². The summed E-state index contributed by atoms with van der Waals surface area (Å²) in [5.74, 6) is 1.50. The highest BCUT2D eigenvalue weighted by atomic mass is 79.9. The fraction of sp³-hybridized carbons (Fsp3) is 0.111. The SMILES string of the molecule is CCOc1ccc(Br)cc1-c1cc(Nc2ccc(Cl)cc2)nc(N)n1. The Bertz CT molecular complexity index is 887. The van der Waals surface area contributed by atoms with Crippen LogP contribution in [0, 0.1) is 0 Å². The lowest BCUT2D eigenvalue weighted by Gasteiger charge is -2.12. The van der Waals surface area contributed by atoms with E-state index in [4.69, 9.17) is 22.1 Å². The Morgan fingerprint density at radius 2 is 1.88 bits per heavy atom. The molecule has 2 aromatic carbocycles. The number of rotatable bonds is 5. The molecule has 0 fully saturated rings. The summed E-state index contributed by atoms with van der Waals surface area (Å²) < 4.78 is 6.63. The van der Waals surface area contributed by atoms with E-state index in [9.17, 15) is 0 Å². The number of ether oxygens (including phenoxy) is 1. The third kappa shape index (κ3) is 4.41. The van der Waals surface area contributed by atoms with Gasteiger partial charge >= 0.3 is 0 Å². The Labute approximate surface area is 159 Å². The molecule has 0 radical (unpaired) electrons. The second-order valence-electron chi connectivity index (χ2n) is 5.20. The molecule has 0 atom stereocenters. The fourth-order valence-corrected chi connectivity index (χ4v) is 2.82.